The molecule has 1 aromatic carbocycles. The van der Waals surface area contributed by atoms with Gasteiger partial charge in [0.05, 0.1) is 11.4 Å². The van der Waals surface area contributed by atoms with Gasteiger partial charge in [0.2, 0.25) is 10.0 Å². The van der Waals surface area contributed by atoms with E-state index in [-0.39, 0.29) is 28.9 Å². The van der Waals surface area contributed by atoms with Gasteiger partial charge in [-0.25, -0.2) is 18.5 Å². The first-order valence-electron chi connectivity index (χ1n) is 6.65. The van der Waals surface area contributed by atoms with Gasteiger partial charge in [0.1, 0.15) is 0 Å². The summed E-state index contributed by atoms with van der Waals surface area (Å²) < 4.78 is 22.6. The molecule has 118 valence electrons. The van der Waals surface area contributed by atoms with E-state index >= 15 is 0 Å². The van der Waals surface area contributed by atoms with Crippen molar-refractivity contribution in [1.82, 2.24) is 10.6 Å². The zero-order valence-electron chi connectivity index (χ0n) is 11.9. The molecule has 0 radical (unpaired) electrons. The van der Waals surface area contributed by atoms with E-state index in [1.54, 1.807) is 12.1 Å². The molecule has 1 aromatic rings. The van der Waals surface area contributed by atoms with Crippen LogP contribution in [0.15, 0.2) is 34.2 Å². The Morgan fingerprint density at radius 3 is 2.71 bits per heavy atom. The Kier molecular flexibility index (Phi) is 6.88. The molecule has 21 heavy (non-hydrogen) atoms. The second-order valence-corrected chi connectivity index (χ2v) is 6.37. The SMILES string of the molecule is CCNC(=NCc1cccc(S(N)(=O)=O)c1)NC1CC1.I. The summed E-state index contributed by atoms with van der Waals surface area (Å²) in [6.07, 6.45) is 2.34. The van der Waals surface area contributed by atoms with Crippen LogP contribution >= 0.6 is 24.0 Å². The van der Waals surface area contributed by atoms with Crippen LogP contribution in [0.1, 0.15) is 25.3 Å². The van der Waals surface area contributed by atoms with E-state index in [4.69, 9.17) is 5.14 Å². The molecule has 0 aliphatic heterocycles. The number of nitrogens with zero attached hydrogens (tertiary/aromatic N) is 1. The van der Waals surface area contributed by atoms with Crippen LogP contribution in [0, 0.1) is 0 Å². The maximum atomic E-state index is 11.3. The quantitative estimate of drug-likeness (QED) is 0.376. The van der Waals surface area contributed by atoms with E-state index in [9.17, 15) is 8.42 Å². The third-order valence-corrected chi connectivity index (χ3v) is 3.82. The molecule has 6 nitrogen and oxygen atoms in total. The zero-order valence-corrected chi connectivity index (χ0v) is 15.0. The molecule has 0 heterocycles. The largest absolute Gasteiger partial charge is 0.357 e. The lowest BCUT2D eigenvalue weighted by Gasteiger charge is -2.10. The fourth-order valence-corrected chi connectivity index (χ4v) is 2.32. The lowest BCUT2D eigenvalue weighted by Crippen LogP contribution is -2.38. The smallest absolute Gasteiger partial charge is 0.238 e. The molecule has 0 amide bonds. The highest BCUT2D eigenvalue weighted by atomic mass is 127. The van der Waals surface area contributed by atoms with E-state index in [2.05, 4.69) is 15.6 Å². The number of aliphatic imine (C=N–C) groups is 1. The molecule has 0 bridgehead atoms. The van der Waals surface area contributed by atoms with Crippen LogP contribution in [0.3, 0.4) is 0 Å². The monoisotopic (exact) mass is 424 g/mol. The first-order valence-corrected chi connectivity index (χ1v) is 8.20. The number of primary sulfonamides is 1. The fraction of sp³-hybridized carbons (Fsp3) is 0.462. The van der Waals surface area contributed by atoms with Crippen LogP contribution in [0.25, 0.3) is 0 Å². The Labute approximate surface area is 142 Å². The van der Waals surface area contributed by atoms with Crippen LogP contribution in [-0.4, -0.2) is 27.0 Å². The summed E-state index contributed by atoms with van der Waals surface area (Å²) in [4.78, 5) is 4.56. The second-order valence-electron chi connectivity index (χ2n) is 4.81. The van der Waals surface area contributed by atoms with E-state index in [1.807, 2.05) is 13.0 Å². The minimum Gasteiger partial charge on any atom is -0.357 e. The number of sulfonamides is 1. The molecule has 1 saturated carbocycles. The van der Waals surface area contributed by atoms with Gasteiger partial charge in [0.25, 0.3) is 0 Å². The number of nitrogens with two attached hydrogens (primary N) is 1. The maximum absolute atomic E-state index is 11.3. The van der Waals surface area contributed by atoms with Crippen molar-refractivity contribution < 1.29 is 8.42 Å². The van der Waals surface area contributed by atoms with Crippen molar-refractivity contribution in [3.8, 4) is 0 Å². The van der Waals surface area contributed by atoms with E-state index < -0.39 is 10.0 Å². The van der Waals surface area contributed by atoms with E-state index in [0.717, 1.165) is 18.1 Å². The van der Waals surface area contributed by atoms with Crippen LogP contribution in [0.5, 0.6) is 0 Å². The summed E-state index contributed by atoms with van der Waals surface area (Å²) in [5, 5.41) is 11.6. The molecule has 0 spiro atoms. The Balaban J connectivity index is 0.00000220. The molecule has 2 rings (SSSR count). The van der Waals surface area contributed by atoms with Crippen molar-refractivity contribution >= 4 is 40.0 Å². The molecule has 0 unspecified atom stereocenters. The molecule has 0 aromatic heterocycles. The number of guanidine groups is 1. The van der Waals surface area contributed by atoms with Gasteiger partial charge in [-0.15, -0.1) is 24.0 Å². The molecule has 1 fully saturated rings. The van der Waals surface area contributed by atoms with Gasteiger partial charge < -0.3 is 10.6 Å². The summed E-state index contributed by atoms with van der Waals surface area (Å²) in [6.45, 7) is 3.20. The van der Waals surface area contributed by atoms with Crippen molar-refractivity contribution in [3.05, 3.63) is 29.8 Å². The number of halogens is 1. The Morgan fingerprint density at radius 1 is 1.43 bits per heavy atom. The third kappa shape index (κ3) is 6.18. The van der Waals surface area contributed by atoms with Gasteiger partial charge in [-0.1, -0.05) is 12.1 Å². The number of hydrogen-bond donors (Lipinski definition) is 3. The van der Waals surface area contributed by atoms with Gasteiger partial charge in [0.15, 0.2) is 5.96 Å². The van der Waals surface area contributed by atoms with Crippen LogP contribution in [0.4, 0.5) is 0 Å². The fourth-order valence-electron chi connectivity index (χ4n) is 1.73. The summed E-state index contributed by atoms with van der Waals surface area (Å²) in [7, 11) is -3.66. The summed E-state index contributed by atoms with van der Waals surface area (Å²) in [6, 6.07) is 7.06. The molecule has 1 aliphatic rings. The first kappa shape index (κ1) is 18.2. The number of hydrogen-bond acceptors (Lipinski definition) is 3. The Hall–Kier alpha value is -0.870. The minimum atomic E-state index is -3.66. The Morgan fingerprint density at radius 2 is 2.14 bits per heavy atom. The Bertz CT molecular complexity index is 600. The molecule has 0 saturated heterocycles. The van der Waals surface area contributed by atoms with Crippen LogP contribution in [0.2, 0.25) is 0 Å². The third-order valence-electron chi connectivity index (χ3n) is 2.91. The average molecular weight is 424 g/mol. The van der Waals surface area contributed by atoms with E-state index in [0.29, 0.717) is 12.6 Å². The van der Waals surface area contributed by atoms with Crippen molar-refractivity contribution in [2.75, 3.05) is 6.54 Å². The van der Waals surface area contributed by atoms with E-state index in [1.165, 1.54) is 18.9 Å². The normalized spacial score (nSPS) is 15.2. The standard InChI is InChI=1S/C13H20N4O2S.HI/c1-2-15-13(17-11-6-7-11)16-9-10-4-3-5-12(8-10)20(14,18)19;/h3-5,8,11H,2,6-7,9H2,1H3,(H2,14,18,19)(H2,15,16,17);1H. The van der Waals surface area contributed by atoms with Gasteiger partial charge in [-0.3, -0.25) is 0 Å². The van der Waals surface area contributed by atoms with Gasteiger partial charge in [-0.2, -0.15) is 0 Å². The molecule has 8 heteroatoms. The lowest BCUT2D eigenvalue weighted by atomic mass is 10.2. The molecular formula is C13H21IN4O2S. The first-order chi connectivity index (χ1) is 9.49. The number of rotatable bonds is 5. The summed E-state index contributed by atoms with van der Waals surface area (Å²) in [5.74, 6) is 0.760. The lowest BCUT2D eigenvalue weighted by molar-refractivity contribution is 0.597. The van der Waals surface area contributed by atoms with Crippen molar-refractivity contribution in [2.45, 2.75) is 37.2 Å². The van der Waals surface area contributed by atoms with Gasteiger partial charge in [0, 0.05) is 12.6 Å². The molecule has 4 N–H and O–H groups in total. The highest BCUT2D eigenvalue weighted by molar-refractivity contribution is 14.0. The maximum Gasteiger partial charge on any atom is 0.238 e. The summed E-state index contributed by atoms with van der Waals surface area (Å²) in [5.41, 5.74) is 0.810. The number of nitrogens with one attached hydrogen (secondary N) is 2. The van der Waals surface area contributed by atoms with Crippen LogP contribution in [-0.2, 0) is 16.6 Å². The van der Waals surface area contributed by atoms with Crippen molar-refractivity contribution in [3.63, 3.8) is 0 Å². The van der Waals surface area contributed by atoms with Gasteiger partial charge >= 0.3 is 0 Å². The minimum absolute atomic E-state index is 0. The van der Waals surface area contributed by atoms with Crippen molar-refractivity contribution in [2.24, 2.45) is 10.1 Å². The predicted molar refractivity (Wildman–Crippen MR) is 94.2 cm³/mol. The zero-order chi connectivity index (χ0) is 14.6. The second kappa shape index (κ2) is 7.95. The van der Waals surface area contributed by atoms with Gasteiger partial charge in [-0.05, 0) is 37.5 Å². The average Bonchev–Trinajstić information content (AvgIpc) is 3.20. The molecular weight excluding hydrogens is 403 g/mol. The molecule has 1 aliphatic carbocycles. The highest BCUT2D eigenvalue weighted by Crippen LogP contribution is 2.18. The van der Waals surface area contributed by atoms with Crippen molar-refractivity contribution in [1.29, 1.82) is 0 Å². The predicted octanol–water partition coefficient (Wildman–Crippen LogP) is 1.17. The summed E-state index contributed by atoms with van der Waals surface area (Å²) >= 11 is 0. The topological polar surface area (TPSA) is 96.6 Å². The van der Waals surface area contributed by atoms with Crippen LogP contribution < -0.4 is 15.8 Å². The molecule has 0 atom stereocenters. The highest BCUT2D eigenvalue weighted by Gasteiger charge is 2.22. The number of benzene rings is 1.